The maximum Gasteiger partial charge on any atom is 0.262 e. The molecule has 1 unspecified atom stereocenters. The van der Waals surface area contributed by atoms with Gasteiger partial charge in [-0.25, -0.2) is 0 Å². The number of carbonyl (C=O) groups excluding carboxylic acids is 1. The molecule has 3 nitrogen and oxygen atoms in total. The monoisotopic (exact) mass is 333 g/mol. The van der Waals surface area contributed by atoms with Gasteiger partial charge in [-0.15, -0.1) is 11.3 Å². The lowest BCUT2D eigenvalue weighted by atomic mass is 9.95. The summed E-state index contributed by atoms with van der Waals surface area (Å²) in [5, 5.41) is 14.8. The molecule has 0 spiro atoms. The molecule has 1 aromatic heterocycles. The van der Waals surface area contributed by atoms with Crippen molar-refractivity contribution in [2.24, 2.45) is 5.92 Å². The summed E-state index contributed by atoms with van der Waals surface area (Å²) in [5.74, 6) is 0.417. The molecule has 1 aromatic rings. The van der Waals surface area contributed by atoms with E-state index in [2.05, 4.69) is 35.1 Å². The van der Waals surface area contributed by atoms with Crippen molar-refractivity contribution in [3.05, 3.63) is 20.8 Å². The molecule has 1 heterocycles. The third kappa shape index (κ3) is 5.08. The first-order valence-electron chi connectivity index (χ1n) is 6.05. The van der Waals surface area contributed by atoms with E-state index in [0.717, 1.165) is 10.9 Å². The van der Waals surface area contributed by atoms with Gasteiger partial charge in [0, 0.05) is 11.0 Å². The second-order valence-electron chi connectivity index (χ2n) is 5.21. The van der Waals surface area contributed by atoms with Crippen LogP contribution in [0.5, 0.6) is 0 Å². The van der Waals surface area contributed by atoms with Gasteiger partial charge in [-0.05, 0) is 53.1 Å². The second kappa shape index (κ2) is 6.68. The number of thiophene rings is 1. The molecule has 5 heteroatoms. The van der Waals surface area contributed by atoms with Crippen LogP contribution in [0.25, 0.3) is 0 Å². The van der Waals surface area contributed by atoms with Crippen molar-refractivity contribution in [3.63, 3.8) is 0 Å². The van der Waals surface area contributed by atoms with Gasteiger partial charge in [-0.1, -0.05) is 13.8 Å². The number of aliphatic hydroxyl groups is 1. The third-order valence-corrected chi connectivity index (χ3v) is 4.55. The molecule has 0 bridgehead atoms. The highest BCUT2D eigenvalue weighted by molar-refractivity contribution is 9.10. The van der Waals surface area contributed by atoms with E-state index in [1.54, 1.807) is 6.92 Å². The van der Waals surface area contributed by atoms with Crippen LogP contribution in [0.2, 0.25) is 0 Å². The van der Waals surface area contributed by atoms with Gasteiger partial charge >= 0.3 is 0 Å². The Bertz CT molecular complexity index is 401. The molecule has 0 aliphatic carbocycles. The minimum absolute atomic E-state index is 0.137. The molecule has 0 radical (unpaired) electrons. The summed E-state index contributed by atoms with van der Waals surface area (Å²) in [5.41, 5.74) is -0.844. The van der Waals surface area contributed by atoms with Crippen molar-refractivity contribution in [2.45, 2.75) is 39.2 Å². The van der Waals surface area contributed by atoms with Crippen molar-refractivity contribution in [2.75, 3.05) is 6.54 Å². The number of carbonyl (C=O) groups is 1. The van der Waals surface area contributed by atoms with Crippen LogP contribution in [0.1, 0.15) is 43.3 Å². The summed E-state index contributed by atoms with van der Waals surface area (Å²) >= 11 is 4.71. The van der Waals surface area contributed by atoms with Crippen LogP contribution in [-0.4, -0.2) is 23.2 Å². The quantitative estimate of drug-likeness (QED) is 0.837. The minimum Gasteiger partial charge on any atom is -0.388 e. The first-order chi connectivity index (χ1) is 8.32. The average molecular weight is 334 g/mol. The lowest BCUT2D eigenvalue weighted by Gasteiger charge is -2.24. The molecule has 0 aliphatic rings. The van der Waals surface area contributed by atoms with Crippen LogP contribution in [0.3, 0.4) is 0 Å². The van der Waals surface area contributed by atoms with Crippen LogP contribution < -0.4 is 5.32 Å². The summed E-state index contributed by atoms with van der Waals surface area (Å²) in [7, 11) is 0. The van der Waals surface area contributed by atoms with Crippen molar-refractivity contribution in [3.8, 4) is 0 Å². The van der Waals surface area contributed by atoms with E-state index in [0.29, 0.717) is 17.2 Å². The highest BCUT2D eigenvalue weighted by Crippen LogP contribution is 2.22. The SMILES string of the molecule is CC(C)CCC(C)(O)CNC(=O)c1sccc1Br. The fourth-order valence-electron chi connectivity index (χ4n) is 1.49. The predicted molar refractivity (Wildman–Crippen MR) is 79.0 cm³/mol. The Morgan fingerprint density at radius 2 is 2.28 bits per heavy atom. The molecule has 2 N–H and O–H groups in total. The van der Waals surface area contributed by atoms with Crippen LogP contribution in [-0.2, 0) is 0 Å². The minimum atomic E-state index is -0.844. The molecule has 0 saturated carbocycles. The highest BCUT2D eigenvalue weighted by Gasteiger charge is 2.22. The summed E-state index contributed by atoms with van der Waals surface area (Å²) in [4.78, 5) is 12.5. The van der Waals surface area contributed by atoms with Gasteiger partial charge in [0.25, 0.3) is 5.91 Å². The Kier molecular flexibility index (Phi) is 5.82. The number of rotatable bonds is 6. The van der Waals surface area contributed by atoms with E-state index in [1.165, 1.54) is 11.3 Å². The zero-order valence-corrected chi connectivity index (χ0v) is 13.4. The van der Waals surface area contributed by atoms with Crippen molar-refractivity contribution < 1.29 is 9.90 Å². The zero-order chi connectivity index (χ0) is 13.8. The van der Waals surface area contributed by atoms with Gasteiger partial charge in [-0.2, -0.15) is 0 Å². The van der Waals surface area contributed by atoms with Crippen molar-refractivity contribution in [1.29, 1.82) is 0 Å². The van der Waals surface area contributed by atoms with Crippen LogP contribution >= 0.6 is 27.3 Å². The van der Waals surface area contributed by atoms with E-state index < -0.39 is 5.60 Å². The van der Waals surface area contributed by atoms with Gasteiger partial charge < -0.3 is 10.4 Å². The Labute approximate surface area is 121 Å². The normalized spacial score (nSPS) is 14.6. The summed E-state index contributed by atoms with van der Waals surface area (Å²) < 4.78 is 0.798. The molecule has 1 atom stereocenters. The topological polar surface area (TPSA) is 49.3 Å². The fourth-order valence-corrected chi connectivity index (χ4v) is 2.96. The van der Waals surface area contributed by atoms with Gasteiger partial charge in [0.2, 0.25) is 0 Å². The van der Waals surface area contributed by atoms with Crippen LogP contribution in [0.15, 0.2) is 15.9 Å². The van der Waals surface area contributed by atoms with E-state index in [1.807, 2.05) is 11.4 Å². The Hall–Kier alpha value is -0.390. The lowest BCUT2D eigenvalue weighted by Crippen LogP contribution is -2.40. The second-order valence-corrected chi connectivity index (χ2v) is 6.98. The molecule has 0 fully saturated rings. The Morgan fingerprint density at radius 3 is 2.78 bits per heavy atom. The van der Waals surface area contributed by atoms with Gasteiger partial charge in [0.15, 0.2) is 0 Å². The van der Waals surface area contributed by atoms with Gasteiger partial charge in [-0.3, -0.25) is 4.79 Å². The van der Waals surface area contributed by atoms with Crippen LogP contribution in [0, 0.1) is 5.92 Å². The average Bonchev–Trinajstić information content (AvgIpc) is 2.70. The molecule has 1 rings (SSSR count). The van der Waals surface area contributed by atoms with Crippen LogP contribution in [0.4, 0.5) is 0 Å². The number of amides is 1. The molecule has 1 amide bonds. The first-order valence-corrected chi connectivity index (χ1v) is 7.72. The number of hydrogen-bond acceptors (Lipinski definition) is 3. The molecule has 0 aliphatic heterocycles. The predicted octanol–water partition coefficient (Wildman–Crippen LogP) is 3.43. The van der Waals surface area contributed by atoms with E-state index in [-0.39, 0.29) is 12.5 Å². The third-order valence-electron chi connectivity index (χ3n) is 2.71. The van der Waals surface area contributed by atoms with Crippen molar-refractivity contribution in [1.82, 2.24) is 5.32 Å². The molecular formula is C13H20BrNO2S. The molecule has 0 aromatic carbocycles. The molecule has 102 valence electrons. The standard InChI is InChI=1S/C13H20BrNO2S/c1-9(2)4-6-13(3,17)8-15-12(16)11-10(14)5-7-18-11/h5,7,9,17H,4,6,8H2,1-3H3,(H,15,16). The van der Waals surface area contributed by atoms with Gasteiger partial charge in [0.05, 0.1) is 5.60 Å². The maximum atomic E-state index is 11.9. The van der Waals surface area contributed by atoms with E-state index in [9.17, 15) is 9.90 Å². The zero-order valence-electron chi connectivity index (χ0n) is 11.0. The fraction of sp³-hybridized carbons (Fsp3) is 0.615. The summed E-state index contributed by atoms with van der Waals surface area (Å²) in [6, 6.07) is 1.84. The maximum absolute atomic E-state index is 11.9. The Morgan fingerprint density at radius 1 is 1.61 bits per heavy atom. The number of hydrogen-bond donors (Lipinski definition) is 2. The summed E-state index contributed by atoms with van der Waals surface area (Å²) in [6.07, 6.45) is 1.64. The molecule has 18 heavy (non-hydrogen) atoms. The Balaban J connectivity index is 2.45. The molecule has 0 saturated heterocycles. The van der Waals surface area contributed by atoms with E-state index in [4.69, 9.17) is 0 Å². The molecular weight excluding hydrogens is 314 g/mol. The highest BCUT2D eigenvalue weighted by atomic mass is 79.9. The number of halogens is 1. The number of nitrogens with one attached hydrogen (secondary N) is 1. The lowest BCUT2D eigenvalue weighted by molar-refractivity contribution is 0.0430. The van der Waals surface area contributed by atoms with Gasteiger partial charge in [0.1, 0.15) is 4.88 Å². The van der Waals surface area contributed by atoms with E-state index >= 15 is 0 Å². The smallest absolute Gasteiger partial charge is 0.262 e. The summed E-state index contributed by atoms with van der Waals surface area (Å²) in [6.45, 7) is 6.29. The first kappa shape index (κ1) is 15.7. The van der Waals surface area contributed by atoms with Crippen molar-refractivity contribution >= 4 is 33.2 Å². The largest absolute Gasteiger partial charge is 0.388 e.